The molecular weight excluding hydrogens is 1030 g/mol. The average molecular weight is 1110 g/mol. The Morgan fingerprint density at radius 3 is 2.25 bits per heavy atom. The third-order valence-electron chi connectivity index (χ3n) is 13.1. The molecule has 77 heavy (non-hydrogen) atoms. The van der Waals surface area contributed by atoms with E-state index >= 15 is 0 Å². The quantitative estimate of drug-likeness (QED) is 0.0422. The predicted molar refractivity (Wildman–Crippen MR) is 295 cm³/mol. The maximum atomic E-state index is 14.8. The van der Waals surface area contributed by atoms with Crippen LogP contribution in [0, 0.1) is 5.92 Å². The first-order valence-corrected chi connectivity index (χ1v) is 28.7. The van der Waals surface area contributed by atoms with Gasteiger partial charge in [0.25, 0.3) is 0 Å². The number of benzene rings is 2. The third-order valence-corrected chi connectivity index (χ3v) is 15.7. The zero-order valence-corrected chi connectivity index (χ0v) is 46.2. The smallest absolute Gasteiger partial charge is 0.303 e. The number of amides is 7. The van der Waals surface area contributed by atoms with Crippen molar-refractivity contribution in [3.63, 3.8) is 0 Å². The summed E-state index contributed by atoms with van der Waals surface area (Å²) in [5.41, 5.74) is 2.12. The van der Waals surface area contributed by atoms with Gasteiger partial charge in [-0.1, -0.05) is 65.8 Å². The number of hydrogen-bond acceptors (Lipinski definition) is 16. The fourth-order valence-electron chi connectivity index (χ4n) is 9.11. The van der Waals surface area contributed by atoms with Gasteiger partial charge in [-0.25, -0.2) is 0 Å². The number of carboxylic acid groups (broad SMARTS) is 1. The van der Waals surface area contributed by atoms with Crippen molar-refractivity contribution in [2.75, 3.05) is 71.4 Å². The fraction of sp³-hybridized carbons (Fsp3) is 0.577. The second kappa shape index (κ2) is 31.4. The van der Waals surface area contributed by atoms with Crippen LogP contribution in [0.4, 0.5) is 0 Å². The van der Waals surface area contributed by atoms with Gasteiger partial charge >= 0.3 is 5.97 Å². The number of nitrogens with one attached hydrogen (secondary N) is 10. The van der Waals surface area contributed by atoms with E-state index in [1.54, 1.807) is 25.3 Å². The summed E-state index contributed by atoms with van der Waals surface area (Å²) in [5, 5.41) is 57.9. The van der Waals surface area contributed by atoms with E-state index in [0.29, 0.717) is 50.3 Å². The molecule has 2 aliphatic rings. The molecule has 3 aromatic rings. The minimum absolute atomic E-state index is 0.00690. The Morgan fingerprint density at radius 2 is 1.56 bits per heavy atom. The van der Waals surface area contributed by atoms with Crippen LogP contribution in [0.3, 0.4) is 0 Å². The Hall–Kier alpha value is -5.96. The predicted octanol–water partition coefficient (Wildman–Crippen LogP) is -0.467. The van der Waals surface area contributed by atoms with Crippen molar-refractivity contribution in [3.05, 3.63) is 65.9 Å². The second-order valence-corrected chi connectivity index (χ2v) is 22.5. The van der Waals surface area contributed by atoms with Crippen LogP contribution >= 0.6 is 21.6 Å². The number of aliphatic hydroxyl groups excluding tert-OH is 1. The normalized spacial score (nSPS) is 21.6. The minimum atomic E-state index is -1.48. The molecule has 1 aromatic heterocycles. The number of rotatable bonds is 23. The van der Waals surface area contributed by atoms with Crippen molar-refractivity contribution in [1.82, 2.24) is 62.6 Å². The van der Waals surface area contributed by atoms with Crippen molar-refractivity contribution in [3.8, 4) is 5.75 Å². The second-order valence-electron chi connectivity index (χ2n) is 19.9. The molecule has 1 unspecified atom stereocenters. The number of aliphatic carboxylic acids is 1. The Bertz CT molecular complexity index is 2440. The largest absolute Gasteiger partial charge is 0.508 e. The molecule has 25 heteroatoms. The number of aromatic nitrogens is 1. The summed E-state index contributed by atoms with van der Waals surface area (Å²) in [7, 11) is 6.16. The van der Waals surface area contributed by atoms with Crippen LogP contribution in [0.1, 0.15) is 64.0 Å². The number of likely N-dealkylation sites (N-methyl/N-ethyl adjacent to an activating group) is 2. The van der Waals surface area contributed by atoms with E-state index in [0.717, 1.165) is 16.5 Å². The van der Waals surface area contributed by atoms with Gasteiger partial charge in [-0.05, 0) is 88.4 Å². The number of phenolic OH excluding ortho intramolecular Hbond substituents is 1. The molecule has 0 bridgehead atoms. The number of aromatic hydroxyl groups is 1. The van der Waals surface area contributed by atoms with Gasteiger partial charge in [-0.2, -0.15) is 0 Å². The lowest BCUT2D eigenvalue weighted by atomic mass is 10.0. The van der Waals surface area contributed by atoms with Crippen molar-refractivity contribution >= 4 is 79.8 Å². The molecule has 8 atom stereocenters. The monoisotopic (exact) mass is 1110 g/mol. The Kier molecular flexibility index (Phi) is 25.3. The summed E-state index contributed by atoms with van der Waals surface area (Å²) >= 11 is 0. The standard InChI is InChI=1S/C52H78N12O11S2/c1-31(2)23-39-49(72)57-32(3)29-76-77-30-42(52(75)64-20-8-11-43(64)51(74)61-40(47(70)56-27-44(66)58-39)24-33-12-14-35(65)15-13-33)62-48(71)38(16-17-46(68)69)60-50(73)41(25-34-26-55-37-10-7-6-9-36(34)37)59-45(67)28-63(21-18-53-4)22-19-54-5/h6-7,9-10,12-15,26,31-32,38-43,45,53-55,59,65,67H,8,11,16-25,27-30H2,1-5H3,(H,56,70)(H,57,72)(H,58,66)(H,60,73)(H,61,74)(H,62,71)(H,68,69)/t32-,38+,39+,40+,41+,42+,43?,45-/m1/s1. The van der Waals surface area contributed by atoms with Crippen molar-refractivity contribution in [1.29, 1.82) is 0 Å². The highest BCUT2D eigenvalue weighted by Gasteiger charge is 2.40. The van der Waals surface area contributed by atoms with Crippen molar-refractivity contribution in [2.45, 2.75) is 114 Å². The molecule has 3 heterocycles. The summed E-state index contributed by atoms with van der Waals surface area (Å²) in [4.78, 5) is 118. The number of carbonyl (C=O) groups is 8. The van der Waals surface area contributed by atoms with Gasteiger partial charge in [0.2, 0.25) is 41.4 Å². The summed E-state index contributed by atoms with van der Waals surface area (Å²) in [5.74, 6) is -5.64. The van der Waals surface area contributed by atoms with Crippen LogP contribution < -0.4 is 47.9 Å². The van der Waals surface area contributed by atoms with Gasteiger partial charge in [0.05, 0.1) is 12.6 Å². The Labute approximate surface area is 457 Å². The molecular formula is C52H78N12O11S2. The Morgan fingerprint density at radius 1 is 0.857 bits per heavy atom. The number of nitrogens with zero attached hydrogens (tertiary/aromatic N) is 2. The molecule has 0 aliphatic carbocycles. The maximum Gasteiger partial charge on any atom is 0.303 e. The number of aliphatic hydroxyl groups is 1. The first-order valence-electron chi connectivity index (χ1n) is 26.2. The number of para-hydroxylation sites is 1. The number of H-pyrrole nitrogens is 1. The summed E-state index contributed by atoms with van der Waals surface area (Å²) in [6.45, 7) is 7.80. The van der Waals surface area contributed by atoms with Crippen LogP contribution in [0.5, 0.6) is 5.75 Å². The van der Waals surface area contributed by atoms with Gasteiger partial charge < -0.3 is 67.7 Å². The first-order chi connectivity index (χ1) is 36.8. The van der Waals surface area contributed by atoms with E-state index in [-0.39, 0.29) is 56.2 Å². The number of fused-ring (bicyclic) bond motifs is 2. The topological polar surface area (TPSA) is 328 Å². The molecule has 2 saturated heterocycles. The van der Waals surface area contributed by atoms with Gasteiger partial charge in [0.15, 0.2) is 0 Å². The zero-order valence-electron chi connectivity index (χ0n) is 44.5. The lowest BCUT2D eigenvalue weighted by Crippen LogP contribution is -2.60. The van der Waals surface area contributed by atoms with E-state index in [2.05, 4.69) is 52.8 Å². The number of aromatic amines is 1. The lowest BCUT2D eigenvalue weighted by molar-refractivity contribution is -0.142. The number of carboxylic acids is 1. The van der Waals surface area contributed by atoms with Gasteiger partial charge in [0, 0.05) is 86.8 Å². The summed E-state index contributed by atoms with van der Waals surface area (Å²) in [6.07, 6.45) is 0.547. The van der Waals surface area contributed by atoms with Crippen LogP contribution in [0.2, 0.25) is 0 Å². The summed E-state index contributed by atoms with van der Waals surface area (Å²) < 4.78 is 0. The first kappa shape index (κ1) is 61.9. The molecule has 7 amide bonds. The Balaban J connectivity index is 1.43. The molecule has 2 aliphatic heterocycles. The molecule has 5 rings (SSSR count). The van der Waals surface area contributed by atoms with E-state index in [9.17, 15) is 53.7 Å². The lowest BCUT2D eigenvalue weighted by Gasteiger charge is -2.31. The molecule has 0 spiro atoms. The summed E-state index contributed by atoms with van der Waals surface area (Å²) in [6, 6.07) is 5.84. The van der Waals surface area contributed by atoms with Crippen molar-refractivity contribution in [2.24, 2.45) is 5.92 Å². The van der Waals surface area contributed by atoms with Gasteiger partial charge in [-0.3, -0.25) is 48.6 Å². The molecule has 2 fully saturated rings. The highest BCUT2D eigenvalue weighted by atomic mass is 33.1. The van der Waals surface area contributed by atoms with E-state index in [1.807, 2.05) is 57.1 Å². The van der Waals surface area contributed by atoms with E-state index in [1.165, 1.54) is 38.6 Å². The third kappa shape index (κ3) is 20.1. The molecule has 0 saturated carbocycles. The fourth-order valence-corrected chi connectivity index (χ4v) is 11.5. The number of carbonyl (C=O) groups excluding carboxylic acids is 7. The molecule has 23 nitrogen and oxygen atoms in total. The molecule has 2 aromatic carbocycles. The zero-order chi connectivity index (χ0) is 56.0. The highest BCUT2D eigenvalue weighted by molar-refractivity contribution is 8.76. The maximum absolute atomic E-state index is 14.8. The van der Waals surface area contributed by atoms with E-state index in [4.69, 9.17) is 0 Å². The molecule has 424 valence electrons. The number of phenols is 1. The highest BCUT2D eigenvalue weighted by Crippen LogP contribution is 2.26. The molecule has 13 N–H and O–H groups in total. The minimum Gasteiger partial charge on any atom is -0.508 e. The van der Waals surface area contributed by atoms with Crippen LogP contribution in [0.15, 0.2) is 54.7 Å². The van der Waals surface area contributed by atoms with Gasteiger partial charge in [-0.15, -0.1) is 0 Å². The van der Waals surface area contributed by atoms with Crippen molar-refractivity contribution < 1.29 is 53.7 Å². The van der Waals surface area contributed by atoms with Crippen LogP contribution in [0.25, 0.3) is 10.9 Å². The van der Waals surface area contributed by atoms with Crippen LogP contribution in [-0.4, -0.2) is 197 Å². The average Bonchev–Trinajstić information content (AvgIpc) is 4.07. The molecule has 0 radical (unpaired) electrons. The van der Waals surface area contributed by atoms with Crippen LogP contribution in [-0.2, 0) is 51.2 Å². The number of hydrogen-bond donors (Lipinski definition) is 13. The van der Waals surface area contributed by atoms with E-state index < -0.39 is 109 Å². The SMILES string of the molecule is CNCCN(CCNC)C[C@@H](O)N[C@@H](Cc1c[nH]c2ccccc12)C(=O)N[C@@H](CCC(=O)O)C(=O)N[C@H]1CSSC[C@@H](C)NC(=O)[C@H](CC(C)C)NC(=O)CNC(=O)[C@H](Cc2ccc(O)cc2)NC(=O)C2CCCN2C1=O. The van der Waals surface area contributed by atoms with Gasteiger partial charge in [0.1, 0.15) is 42.2 Å².